The van der Waals surface area contributed by atoms with Gasteiger partial charge >= 0.3 is 0 Å². The Bertz CT molecular complexity index is 251. The molecule has 0 radical (unpaired) electrons. The lowest BCUT2D eigenvalue weighted by atomic mass is 10.1. The highest BCUT2D eigenvalue weighted by atomic mass is 79.9. The van der Waals surface area contributed by atoms with Gasteiger partial charge in [0.1, 0.15) is 5.82 Å². The smallest absolute Gasteiger partial charge is 0.123 e. The van der Waals surface area contributed by atoms with Crippen molar-refractivity contribution in [3.05, 3.63) is 46.7 Å². The minimum atomic E-state index is -0.200. The van der Waals surface area contributed by atoms with Crippen molar-refractivity contribution in [1.29, 1.82) is 0 Å². The number of hydrogen-bond donors (Lipinski definition) is 0. The fourth-order valence-electron chi connectivity index (χ4n) is 0.824. The van der Waals surface area contributed by atoms with Gasteiger partial charge in [-0.25, -0.2) is 4.39 Å². The molecule has 0 nitrogen and oxygen atoms in total. The maximum Gasteiger partial charge on any atom is 0.123 e. The first kappa shape index (κ1) is 8.47. The minimum absolute atomic E-state index is 0.200. The fourth-order valence-corrected chi connectivity index (χ4v) is 1.15. The third-order valence-corrected chi connectivity index (χ3v) is 1.59. The summed E-state index contributed by atoms with van der Waals surface area (Å²) >= 11 is 3.24. The molecule has 0 aliphatic carbocycles. The van der Waals surface area contributed by atoms with E-state index in [2.05, 4.69) is 22.5 Å². The lowest BCUT2D eigenvalue weighted by Gasteiger charge is -1.97. The van der Waals surface area contributed by atoms with Crippen LogP contribution in [0.25, 0.3) is 0 Å². The minimum Gasteiger partial charge on any atom is -0.207 e. The van der Waals surface area contributed by atoms with Crippen molar-refractivity contribution >= 4 is 15.9 Å². The van der Waals surface area contributed by atoms with Crippen LogP contribution >= 0.6 is 15.9 Å². The Hall–Kier alpha value is -0.630. The lowest BCUT2D eigenvalue weighted by Crippen LogP contribution is -1.83. The Morgan fingerprint density at radius 2 is 1.91 bits per heavy atom. The molecular weight excluding hydrogens is 207 g/mol. The zero-order valence-corrected chi connectivity index (χ0v) is 7.57. The second kappa shape index (κ2) is 3.67. The van der Waals surface area contributed by atoms with Gasteiger partial charge in [-0.05, 0) is 22.2 Å². The summed E-state index contributed by atoms with van der Waals surface area (Å²) in [5.41, 5.74) is 1.06. The van der Waals surface area contributed by atoms with E-state index in [4.69, 9.17) is 0 Å². The molecular formula is C9H8BrF. The van der Waals surface area contributed by atoms with Crippen molar-refractivity contribution in [2.24, 2.45) is 0 Å². The molecule has 11 heavy (non-hydrogen) atoms. The standard InChI is InChI=1S/C9H8BrF/c1-7(10)6-8-2-4-9(11)5-3-8/h2-5H,1,6H2. The molecule has 0 aliphatic rings. The zero-order chi connectivity index (χ0) is 8.27. The molecule has 1 aromatic rings. The van der Waals surface area contributed by atoms with E-state index in [0.29, 0.717) is 0 Å². The number of allylic oxidation sites excluding steroid dienone is 1. The van der Waals surface area contributed by atoms with E-state index in [-0.39, 0.29) is 5.82 Å². The summed E-state index contributed by atoms with van der Waals surface area (Å²) in [6.07, 6.45) is 0.750. The quantitative estimate of drug-likeness (QED) is 0.710. The molecule has 58 valence electrons. The van der Waals surface area contributed by atoms with Gasteiger partial charge in [0.15, 0.2) is 0 Å². The first-order chi connectivity index (χ1) is 5.18. The van der Waals surface area contributed by atoms with Gasteiger partial charge in [0, 0.05) is 6.42 Å². The van der Waals surface area contributed by atoms with Crippen molar-refractivity contribution in [3.8, 4) is 0 Å². The van der Waals surface area contributed by atoms with Gasteiger partial charge in [-0.15, -0.1) is 0 Å². The third-order valence-electron chi connectivity index (χ3n) is 1.31. The van der Waals surface area contributed by atoms with Gasteiger partial charge in [-0.2, -0.15) is 0 Å². The summed E-state index contributed by atoms with van der Waals surface area (Å²) in [5.74, 6) is -0.200. The molecule has 0 aromatic heterocycles. The van der Waals surface area contributed by atoms with Crippen molar-refractivity contribution in [1.82, 2.24) is 0 Å². The summed E-state index contributed by atoms with van der Waals surface area (Å²) < 4.78 is 13.3. The summed E-state index contributed by atoms with van der Waals surface area (Å²) in [5, 5.41) is 0. The van der Waals surface area contributed by atoms with Crippen molar-refractivity contribution in [3.63, 3.8) is 0 Å². The van der Waals surface area contributed by atoms with Gasteiger partial charge in [-0.3, -0.25) is 0 Å². The predicted molar refractivity (Wildman–Crippen MR) is 48.2 cm³/mol. The highest BCUT2D eigenvalue weighted by molar-refractivity contribution is 9.11. The largest absolute Gasteiger partial charge is 0.207 e. The Labute approximate surface area is 73.9 Å². The molecule has 2 heteroatoms. The normalized spacial score (nSPS) is 9.64. The average Bonchev–Trinajstić information content (AvgIpc) is 1.93. The molecule has 0 N–H and O–H groups in total. The zero-order valence-electron chi connectivity index (χ0n) is 5.98. The number of benzene rings is 1. The van der Waals surface area contributed by atoms with E-state index in [9.17, 15) is 4.39 Å². The van der Waals surface area contributed by atoms with Gasteiger partial charge in [-0.1, -0.05) is 34.6 Å². The Kier molecular flexibility index (Phi) is 2.83. The number of halogens is 2. The maximum atomic E-state index is 12.4. The van der Waals surface area contributed by atoms with E-state index in [1.54, 1.807) is 12.1 Å². The molecule has 0 fully saturated rings. The molecule has 0 saturated heterocycles. The van der Waals surface area contributed by atoms with Crippen molar-refractivity contribution < 1.29 is 4.39 Å². The van der Waals surface area contributed by atoms with Crippen LogP contribution in [0.15, 0.2) is 35.3 Å². The SMILES string of the molecule is C=C(Br)Cc1ccc(F)cc1. The van der Waals surface area contributed by atoms with Crippen LogP contribution < -0.4 is 0 Å². The topological polar surface area (TPSA) is 0 Å². The van der Waals surface area contributed by atoms with E-state index in [1.807, 2.05) is 0 Å². The van der Waals surface area contributed by atoms with E-state index in [0.717, 1.165) is 16.5 Å². The molecule has 0 bridgehead atoms. The van der Waals surface area contributed by atoms with Crippen molar-refractivity contribution in [2.45, 2.75) is 6.42 Å². The summed E-state index contributed by atoms with van der Waals surface area (Å²) in [4.78, 5) is 0. The molecule has 0 aliphatic heterocycles. The second-order valence-electron chi connectivity index (χ2n) is 2.32. The highest BCUT2D eigenvalue weighted by Crippen LogP contribution is 2.11. The molecule has 1 aromatic carbocycles. The van der Waals surface area contributed by atoms with Crippen molar-refractivity contribution in [2.75, 3.05) is 0 Å². The van der Waals surface area contributed by atoms with Crippen LogP contribution in [0, 0.1) is 5.82 Å². The molecule has 0 saturated carbocycles. The van der Waals surface area contributed by atoms with Gasteiger partial charge in [0.25, 0.3) is 0 Å². The average molecular weight is 215 g/mol. The predicted octanol–water partition coefficient (Wildman–Crippen LogP) is 3.28. The molecule has 0 heterocycles. The van der Waals surface area contributed by atoms with Crippen LogP contribution in [0.3, 0.4) is 0 Å². The molecule has 0 amide bonds. The molecule has 0 atom stereocenters. The molecule has 0 unspecified atom stereocenters. The van der Waals surface area contributed by atoms with E-state index < -0.39 is 0 Å². The van der Waals surface area contributed by atoms with Gasteiger partial charge in [0.05, 0.1) is 0 Å². The monoisotopic (exact) mass is 214 g/mol. The Balaban J connectivity index is 2.74. The van der Waals surface area contributed by atoms with E-state index >= 15 is 0 Å². The third kappa shape index (κ3) is 2.85. The van der Waals surface area contributed by atoms with Gasteiger partial charge in [0.2, 0.25) is 0 Å². The van der Waals surface area contributed by atoms with Crippen LogP contribution in [-0.2, 0) is 6.42 Å². The first-order valence-corrected chi connectivity index (χ1v) is 4.05. The summed E-state index contributed by atoms with van der Waals surface area (Å²) in [6.45, 7) is 3.70. The Morgan fingerprint density at radius 1 is 1.36 bits per heavy atom. The van der Waals surface area contributed by atoms with Crippen LogP contribution in [0.1, 0.15) is 5.56 Å². The second-order valence-corrected chi connectivity index (χ2v) is 3.44. The van der Waals surface area contributed by atoms with Crippen LogP contribution in [0.4, 0.5) is 4.39 Å². The first-order valence-electron chi connectivity index (χ1n) is 3.26. The fraction of sp³-hybridized carbons (Fsp3) is 0.111. The number of hydrogen-bond acceptors (Lipinski definition) is 0. The van der Waals surface area contributed by atoms with Crippen LogP contribution in [0.5, 0.6) is 0 Å². The van der Waals surface area contributed by atoms with Crippen LogP contribution in [0.2, 0.25) is 0 Å². The molecule has 0 spiro atoms. The van der Waals surface area contributed by atoms with Gasteiger partial charge < -0.3 is 0 Å². The highest BCUT2D eigenvalue weighted by Gasteiger charge is 1.93. The summed E-state index contributed by atoms with van der Waals surface area (Å²) in [6, 6.07) is 6.40. The lowest BCUT2D eigenvalue weighted by molar-refractivity contribution is 0.627. The van der Waals surface area contributed by atoms with E-state index in [1.165, 1.54) is 12.1 Å². The maximum absolute atomic E-state index is 12.4. The summed E-state index contributed by atoms with van der Waals surface area (Å²) in [7, 11) is 0. The number of rotatable bonds is 2. The van der Waals surface area contributed by atoms with Crippen LogP contribution in [-0.4, -0.2) is 0 Å². The Morgan fingerprint density at radius 3 is 2.36 bits per heavy atom. The molecule has 1 rings (SSSR count).